The maximum atomic E-state index is 10.3. The summed E-state index contributed by atoms with van der Waals surface area (Å²) in [5.74, 6) is 1.56. The smallest absolute Gasteiger partial charge is 0.119 e. The van der Waals surface area contributed by atoms with Gasteiger partial charge in [-0.1, -0.05) is 30.3 Å². The third-order valence-electron chi connectivity index (χ3n) is 7.21. The number of nitrogens with one attached hydrogen (secondary N) is 1. The Hall–Kier alpha value is -1.96. The summed E-state index contributed by atoms with van der Waals surface area (Å²) < 4.78 is 12.1. The Morgan fingerprint density at radius 3 is 2.42 bits per heavy atom. The molecule has 5 rings (SSSR count). The highest BCUT2D eigenvalue weighted by molar-refractivity contribution is 5.41. The molecule has 4 atom stereocenters. The van der Waals surface area contributed by atoms with E-state index in [0.717, 1.165) is 43.7 Å². The average molecular weight is 454 g/mol. The third-order valence-corrected chi connectivity index (χ3v) is 7.21. The van der Waals surface area contributed by atoms with E-state index in [1.54, 1.807) is 0 Å². The number of piperidine rings is 1. The lowest BCUT2D eigenvalue weighted by Gasteiger charge is -2.36. The topological polar surface area (TPSA) is 91.2 Å². The molecule has 2 aromatic carbocycles. The quantitative estimate of drug-likeness (QED) is 0.515. The number of aliphatic hydroxyl groups excluding tert-OH is 3. The highest BCUT2D eigenvalue weighted by atomic mass is 16.5. The van der Waals surface area contributed by atoms with Gasteiger partial charge in [-0.2, -0.15) is 0 Å². The minimum atomic E-state index is -1.05. The molecule has 2 saturated heterocycles. The Balaban J connectivity index is 1.32. The van der Waals surface area contributed by atoms with E-state index in [1.807, 2.05) is 0 Å². The van der Waals surface area contributed by atoms with Gasteiger partial charge in [-0.15, -0.1) is 0 Å². The molecular formula is C27H35NO5. The van der Waals surface area contributed by atoms with E-state index in [4.69, 9.17) is 9.47 Å². The van der Waals surface area contributed by atoms with Crippen LogP contribution in [0.3, 0.4) is 0 Å². The van der Waals surface area contributed by atoms with Gasteiger partial charge in [0.05, 0.1) is 18.8 Å². The van der Waals surface area contributed by atoms with Crippen LogP contribution in [0.15, 0.2) is 42.5 Å². The van der Waals surface area contributed by atoms with E-state index in [-0.39, 0.29) is 12.7 Å². The van der Waals surface area contributed by atoms with Gasteiger partial charge in [-0.25, -0.2) is 0 Å². The highest BCUT2D eigenvalue weighted by Gasteiger charge is 2.37. The van der Waals surface area contributed by atoms with E-state index in [1.165, 1.54) is 29.5 Å². The normalized spacial score (nSPS) is 28.6. The lowest BCUT2D eigenvalue weighted by Crippen LogP contribution is -2.47. The van der Waals surface area contributed by atoms with Crippen molar-refractivity contribution in [2.24, 2.45) is 0 Å². The molecule has 2 aliphatic heterocycles. The molecule has 0 amide bonds. The van der Waals surface area contributed by atoms with Gasteiger partial charge in [0, 0.05) is 6.42 Å². The standard InChI is InChI=1S/C27H35NO5/c29-16-26-27(31)24(30)15-25(33-26)19-5-8-23(18-3-4-18)20(14-19)13-17-1-6-21(7-2-17)32-22-9-11-28-12-10-22/h1-2,5-8,14,18,22,24-31H,3-4,9-13,15-16H2/t24-,25-,26-,27+/m1/s1. The van der Waals surface area contributed by atoms with Crippen LogP contribution >= 0.6 is 0 Å². The summed E-state index contributed by atoms with van der Waals surface area (Å²) in [5, 5.41) is 33.2. The van der Waals surface area contributed by atoms with Gasteiger partial charge < -0.3 is 30.1 Å². The van der Waals surface area contributed by atoms with Gasteiger partial charge in [0.2, 0.25) is 0 Å². The molecule has 3 aliphatic rings. The summed E-state index contributed by atoms with van der Waals surface area (Å²) in [6.07, 6.45) is 2.93. The number of hydrogen-bond acceptors (Lipinski definition) is 6. The zero-order valence-corrected chi connectivity index (χ0v) is 19.0. The second-order valence-electron chi connectivity index (χ2n) is 9.76. The zero-order valence-electron chi connectivity index (χ0n) is 19.0. The maximum Gasteiger partial charge on any atom is 0.119 e. The van der Waals surface area contributed by atoms with Gasteiger partial charge >= 0.3 is 0 Å². The van der Waals surface area contributed by atoms with E-state index >= 15 is 0 Å². The van der Waals surface area contributed by atoms with Crippen LogP contribution in [0.2, 0.25) is 0 Å². The first-order chi connectivity index (χ1) is 16.1. The SMILES string of the molecule is OC[C@H]1O[C@@H](c2ccc(C3CC3)c(Cc3ccc(OC4CCNCC4)cc3)c2)C[C@@H](O)[C@@H]1O. The summed E-state index contributed by atoms with van der Waals surface area (Å²) in [4.78, 5) is 0. The van der Waals surface area contributed by atoms with Gasteiger partial charge in [0.1, 0.15) is 24.1 Å². The Kier molecular flexibility index (Phi) is 6.99. The van der Waals surface area contributed by atoms with Crippen molar-refractivity contribution in [2.45, 2.75) is 75.0 Å². The number of benzene rings is 2. The molecule has 3 fully saturated rings. The minimum Gasteiger partial charge on any atom is -0.490 e. The molecule has 178 valence electrons. The van der Waals surface area contributed by atoms with Crippen molar-refractivity contribution in [3.63, 3.8) is 0 Å². The predicted octanol–water partition coefficient (Wildman–Crippen LogP) is 2.83. The Labute approximate surface area is 195 Å². The fourth-order valence-corrected chi connectivity index (χ4v) is 5.10. The summed E-state index contributed by atoms with van der Waals surface area (Å²) in [5.41, 5.74) is 4.90. The molecule has 0 unspecified atom stereocenters. The maximum absolute atomic E-state index is 10.3. The van der Waals surface area contributed by atoms with E-state index in [9.17, 15) is 15.3 Å². The van der Waals surface area contributed by atoms with Crippen LogP contribution in [-0.2, 0) is 11.2 Å². The van der Waals surface area contributed by atoms with Crippen LogP contribution in [0, 0.1) is 0 Å². The first-order valence-electron chi connectivity index (χ1n) is 12.3. The molecule has 6 nitrogen and oxygen atoms in total. The zero-order chi connectivity index (χ0) is 22.8. The fraction of sp³-hybridized carbons (Fsp3) is 0.556. The first-order valence-corrected chi connectivity index (χ1v) is 12.3. The van der Waals surface area contributed by atoms with Crippen LogP contribution in [0.1, 0.15) is 66.4 Å². The van der Waals surface area contributed by atoms with Gasteiger partial charge in [-0.3, -0.25) is 0 Å². The van der Waals surface area contributed by atoms with Crippen molar-refractivity contribution in [2.75, 3.05) is 19.7 Å². The van der Waals surface area contributed by atoms with Crippen LogP contribution in [0.25, 0.3) is 0 Å². The van der Waals surface area contributed by atoms with Crippen LogP contribution in [0.4, 0.5) is 0 Å². The molecule has 2 heterocycles. The van der Waals surface area contributed by atoms with Gasteiger partial charge in [0.15, 0.2) is 0 Å². The van der Waals surface area contributed by atoms with Crippen LogP contribution in [0.5, 0.6) is 5.75 Å². The average Bonchev–Trinajstić information content (AvgIpc) is 3.68. The van der Waals surface area contributed by atoms with E-state index in [0.29, 0.717) is 18.4 Å². The van der Waals surface area contributed by atoms with E-state index in [2.05, 4.69) is 47.8 Å². The van der Waals surface area contributed by atoms with Crippen molar-refractivity contribution < 1.29 is 24.8 Å². The molecule has 1 saturated carbocycles. The molecule has 0 radical (unpaired) electrons. The summed E-state index contributed by atoms with van der Waals surface area (Å²) in [6, 6.07) is 14.9. The second kappa shape index (κ2) is 10.1. The van der Waals surface area contributed by atoms with E-state index < -0.39 is 18.3 Å². The molecule has 4 N–H and O–H groups in total. The summed E-state index contributed by atoms with van der Waals surface area (Å²) >= 11 is 0. The number of hydrogen-bond donors (Lipinski definition) is 4. The summed E-state index contributed by atoms with van der Waals surface area (Å²) in [7, 11) is 0. The van der Waals surface area contributed by atoms with Gasteiger partial charge in [-0.05, 0) is 85.5 Å². The highest BCUT2D eigenvalue weighted by Crippen LogP contribution is 2.43. The Morgan fingerprint density at radius 2 is 1.73 bits per heavy atom. The molecule has 1 aliphatic carbocycles. The second-order valence-corrected chi connectivity index (χ2v) is 9.76. The fourth-order valence-electron chi connectivity index (χ4n) is 5.10. The molecular weight excluding hydrogens is 418 g/mol. The molecule has 0 spiro atoms. The van der Waals surface area contributed by atoms with Crippen molar-refractivity contribution in [3.05, 3.63) is 64.7 Å². The lowest BCUT2D eigenvalue weighted by atomic mass is 9.89. The molecule has 2 aromatic rings. The Morgan fingerprint density at radius 1 is 0.970 bits per heavy atom. The predicted molar refractivity (Wildman–Crippen MR) is 126 cm³/mol. The Bertz CT molecular complexity index is 923. The number of aliphatic hydroxyl groups is 3. The van der Waals surface area contributed by atoms with Crippen molar-refractivity contribution in [1.82, 2.24) is 5.32 Å². The lowest BCUT2D eigenvalue weighted by molar-refractivity contribution is -0.181. The first kappa shape index (κ1) is 22.8. The van der Waals surface area contributed by atoms with Crippen molar-refractivity contribution >= 4 is 0 Å². The molecule has 0 bridgehead atoms. The largest absolute Gasteiger partial charge is 0.490 e. The van der Waals surface area contributed by atoms with Crippen LogP contribution < -0.4 is 10.1 Å². The van der Waals surface area contributed by atoms with Crippen molar-refractivity contribution in [1.29, 1.82) is 0 Å². The van der Waals surface area contributed by atoms with Gasteiger partial charge in [0.25, 0.3) is 0 Å². The number of rotatable bonds is 7. The van der Waals surface area contributed by atoms with Crippen molar-refractivity contribution in [3.8, 4) is 5.75 Å². The molecule has 0 aromatic heterocycles. The molecule has 6 heteroatoms. The number of ether oxygens (including phenoxy) is 2. The molecule has 33 heavy (non-hydrogen) atoms. The monoisotopic (exact) mass is 453 g/mol. The minimum absolute atomic E-state index is 0.294. The summed E-state index contributed by atoms with van der Waals surface area (Å²) in [6.45, 7) is 1.72. The third kappa shape index (κ3) is 5.42. The van der Waals surface area contributed by atoms with Crippen LogP contribution in [-0.4, -0.2) is 59.4 Å².